The van der Waals surface area contributed by atoms with Crippen molar-refractivity contribution in [2.45, 2.75) is 110 Å². The van der Waals surface area contributed by atoms with E-state index in [4.69, 9.17) is 0 Å². The van der Waals surface area contributed by atoms with E-state index in [9.17, 15) is 0 Å². The van der Waals surface area contributed by atoms with E-state index in [1.165, 1.54) is 103 Å². The number of hydrogen-bond donors (Lipinski definition) is 1. The summed E-state index contributed by atoms with van der Waals surface area (Å²) in [5.74, 6) is 0. The van der Waals surface area contributed by atoms with E-state index in [1.54, 1.807) is 0 Å². The Morgan fingerprint density at radius 2 is 0.800 bits per heavy atom. The molecule has 0 aliphatic carbocycles. The molecule has 0 saturated carbocycles. The van der Waals surface area contributed by atoms with Gasteiger partial charge in [-0.15, -0.1) is 0 Å². The summed E-state index contributed by atoms with van der Waals surface area (Å²) in [6.07, 6.45) is 23.1. The highest BCUT2D eigenvalue weighted by Gasteiger charge is 1.94. The third kappa shape index (κ3) is 18.4. The van der Waals surface area contributed by atoms with Crippen LogP contribution >= 0.6 is 16.1 Å². The summed E-state index contributed by atoms with van der Waals surface area (Å²) in [6, 6.07) is 0. The zero-order chi connectivity index (χ0) is 14.7. The van der Waals surface area contributed by atoms with Crippen molar-refractivity contribution >= 4 is 16.1 Å². The van der Waals surface area contributed by atoms with Crippen LogP contribution in [0.1, 0.15) is 110 Å². The summed E-state index contributed by atoms with van der Waals surface area (Å²) < 4.78 is 3.03. The van der Waals surface area contributed by atoms with Crippen molar-refractivity contribution in [1.29, 1.82) is 0 Å². The van der Waals surface area contributed by atoms with Gasteiger partial charge in [-0.3, -0.25) is 4.34 Å². The highest BCUT2D eigenvalue weighted by Crippen LogP contribution is 2.13. The molecule has 0 aliphatic heterocycles. The standard InChI is InChI=1S/C18H38BrN/c1-2-3-4-5-6-7-8-9-10-11-12-13-14-15-16-17-18-20-19/h20H,2-18H2,1H3. The minimum absolute atomic E-state index is 1.11. The summed E-state index contributed by atoms with van der Waals surface area (Å²) in [6.45, 7) is 3.40. The maximum Gasteiger partial charge on any atom is 0.00875 e. The van der Waals surface area contributed by atoms with Gasteiger partial charge in [0.25, 0.3) is 0 Å². The topological polar surface area (TPSA) is 12.0 Å². The number of nitrogens with one attached hydrogen (secondary N) is 1. The van der Waals surface area contributed by atoms with Crippen LogP contribution in [0.2, 0.25) is 0 Å². The fourth-order valence-corrected chi connectivity index (χ4v) is 3.02. The number of halogens is 1. The van der Waals surface area contributed by atoms with Gasteiger partial charge >= 0.3 is 0 Å². The molecule has 0 heterocycles. The summed E-state index contributed by atoms with van der Waals surface area (Å²) >= 11 is 3.24. The SMILES string of the molecule is CCCCCCCCCCCCCCCCCCNBr. The van der Waals surface area contributed by atoms with E-state index in [-0.39, 0.29) is 0 Å². The van der Waals surface area contributed by atoms with Crippen molar-refractivity contribution in [2.24, 2.45) is 0 Å². The molecule has 20 heavy (non-hydrogen) atoms. The van der Waals surface area contributed by atoms with Crippen LogP contribution in [0.3, 0.4) is 0 Å². The van der Waals surface area contributed by atoms with Crippen molar-refractivity contribution < 1.29 is 0 Å². The normalized spacial score (nSPS) is 11.1. The van der Waals surface area contributed by atoms with Gasteiger partial charge in [0.2, 0.25) is 0 Å². The molecule has 0 rings (SSSR count). The van der Waals surface area contributed by atoms with Crippen molar-refractivity contribution in [3.63, 3.8) is 0 Å². The molecule has 0 aromatic rings. The molecule has 0 atom stereocenters. The van der Waals surface area contributed by atoms with Gasteiger partial charge in [-0.25, -0.2) is 0 Å². The fourth-order valence-electron chi connectivity index (χ4n) is 2.74. The van der Waals surface area contributed by atoms with Crippen LogP contribution in [0.4, 0.5) is 0 Å². The first-order chi connectivity index (χ1) is 9.91. The summed E-state index contributed by atoms with van der Waals surface area (Å²) in [7, 11) is 0. The van der Waals surface area contributed by atoms with Crippen LogP contribution in [0.15, 0.2) is 0 Å². The van der Waals surface area contributed by atoms with Gasteiger partial charge in [-0.2, -0.15) is 0 Å². The predicted octanol–water partition coefficient (Wildman–Crippen LogP) is 7.15. The van der Waals surface area contributed by atoms with Crippen LogP contribution in [0, 0.1) is 0 Å². The molecular formula is C18H38BrN. The predicted molar refractivity (Wildman–Crippen MR) is 96.5 cm³/mol. The molecule has 0 bridgehead atoms. The van der Waals surface area contributed by atoms with Gasteiger partial charge in [0, 0.05) is 22.7 Å². The smallest absolute Gasteiger partial charge is 0.00875 e. The monoisotopic (exact) mass is 347 g/mol. The molecule has 1 N–H and O–H groups in total. The van der Waals surface area contributed by atoms with Crippen molar-refractivity contribution in [1.82, 2.24) is 4.34 Å². The maximum atomic E-state index is 3.24. The molecule has 2 heteroatoms. The molecule has 0 radical (unpaired) electrons. The number of hydrogen-bond acceptors (Lipinski definition) is 1. The van der Waals surface area contributed by atoms with Crippen LogP contribution in [0.25, 0.3) is 0 Å². The molecule has 0 spiro atoms. The molecule has 0 unspecified atom stereocenters. The second-order valence-electron chi connectivity index (χ2n) is 6.19. The third-order valence-corrected chi connectivity index (χ3v) is 4.52. The number of unbranched alkanes of at least 4 members (excludes halogenated alkanes) is 15. The lowest BCUT2D eigenvalue weighted by atomic mass is 10.0. The summed E-state index contributed by atoms with van der Waals surface area (Å²) in [5, 5.41) is 0. The lowest BCUT2D eigenvalue weighted by molar-refractivity contribution is 0.529. The Balaban J connectivity index is 2.89. The van der Waals surface area contributed by atoms with Gasteiger partial charge in [-0.1, -0.05) is 103 Å². The molecular weight excluding hydrogens is 310 g/mol. The second kappa shape index (κ2) is 19.4. The van der Waals surface area contributed by atoms with Crippen molar-refractivity contribution in [3.05, 3.63) is 0 Å². The zero-order valence-electron chi connectivity index (χ0n) is 13.9. The Morgan fingerprint density at radius 3 is 1.10 bits per heavy atom. The molecule has 0 fully saturated rings. The molecule has 0 amide bonds. The Kier molecular flexibility index (Phi) is 19.9. The van der Waals surface area contributed by atoms with E-state index in [0.29, 0.717) is 0 Å². The quantitative estimate of drug-likeness (QED) is 0.217. The second-order valence-corrected chi connectivity index (χ2v) is 6.75. The molecule has 0 saturated heterocycles. The van der Waals surface area contributed by atoms with Crippen LogP contribution in [-0.4, -0.2) is 6.54 Å². The van der Waals surface area contributed by atoms with E-state index in [2.05, 4.69) is 27.4 Å². The average molecular weight is 348 g/mol. The van der Waals surface area contributed by atoms with E-state index >= 15 is 0 Å². The summed E-state index contributed by atoms with van der Waals surface area (Å²) in [4.78, 5) is 0. The van der Waals surface area contributed by atoms with Gasteiger partial charge in [0.1, 0.15) is 0 Å². The third-order valence-electron chi connectivity index (χ3n) is 4.12. The van der Waals surface area contributed by atoms with E-state index < -0.39 is 0 Å². The average Bonchev–Trinajstić information content (AvgIpc) is 2.47. The van der Waals surface area contributed by atoms with Gasteiger partial charge < -0.3 is 0 Å². The number of rotatable bonds is 17. The van der Waals surface area contributed by atoms with Gasteiger partial charge in [0.15, 0.2) is 0 Å². The van der Waals surface area contributed by atoms with Gasteiger partial charge in [-0.05, 0) is 6.42 Å². The first-order valence-corrected chi connectivity index (χ1v) is 10.0. The first-order valence-electron chi connectivity index (χ1n) is 9.25. The largest absolute Gasteiger partial charge is 0.256 e. The van der Waals surface area contributed by atoms with Crippen molar-refractivity contribution in [3.8, 4) is 0 Å². The zero-order valence-corrected chi connectivity index (χ0v) is 15.5. The van der Waals surface area contributed by atoms with E-state index in [0.717, 1.165) is 6.54 Å². The summed E-state index contributed by atoms with van der Waals surface area (Å²) in [5.41, 5.74) is 0. The van der Waals surface area contributed by atoms with Crippen LogP contribution < -0.4 is 4.34 Å². The van der Waals surface area contributed by atoms with Gasteiger partial charge in [0.05, 0.1) is 0 Å². The lowest BCUT2D eigenvalue weighted by Crippen LogP contribution is -1.98. The van der Waals surface area contributed by atoms with Crippen molar-refractivity contribution in [2.75, 3.05) is 6.54 Å². The molecule has 0 aromatic carbocycles. The molecule has 0 aromatic heterocycles. The highest BCUT2D eigenvalue weighted by atomic mass is 79.9. The fraction of sp³-hybridized carbons (Fsp3) is 1.00. The molecule has 122 valence electrons. The van der Waals surface area contributed by atoms with Crippen LogP contribution in [0.5, 0.6) is 0 Å². The first kappa shape index (κ1) is 20.4. The minimum Gasteiger partial charge on any atom is -0.256 e. The minimum atomic E-state index is 1.11. The Bertz CT molecular complexity index is 143. The highest BCUT2D eigenvalue weighted by molar-refractivity contribution is 9.08. The maximum absolute atomic E-state index is 3.24. The van der Waals surface area contributed by atoms with E-state index in [1.807, 2.05) is 0 Å². The lowest BCUT2D eigenvalue weighted by Gasteiger charge is -2.03. The Hall–Kier alpha value is 0.440. The van der Waals surface area contributed by atoms with Crippen LogP contribution in [-0.2, 0) is 0 Å². The molecule has 0 aliphatic rings. The molecule has 1 nitrogen and oxygen atoms in total. The Labute approximate surface area is 137 Å². The Morgan fingerprint density at radius 1 is 0.500 bits per heavy atom.